The molecule has 0 spiro atoms. The fourth-order valence-corrected chi connectivity index (χ4v) is 2.70. The third-order valence-electron chi connectivity index (χ3n) is 3.11. The molecule has 0 radical (unpaired) electrons. The van der Waals surface area contributed by atoms with Crippen LogP contribution in [0.15, 0.2) is 21.8 Å². The average molecular weight is 289 g/mol. The Bertz CT molecular complexity index is 409. The van der Waals surface area contributed by atoms with Crippen molar-refractivity contribution >= 4 is 28.6 Å². The zero-order valence-corrected chi connectivity index (χ0v) is 10.8. The molecule has 1 aromatic rings. The largest absolute Gasteiger partial charge is 0.298 e. The Balaban J connectivity index is 2.24. The molecule has 15 heavy (non-hydrogen) atoms. The van der Waals surface area contributed by atoms with Crippen LogP contribution in [0, 0.1) is 5.41 Å². The van der Waals surface area contributed by atoms with Gasteiger partial charge in [-0.1, -0.05) is 6.42 Å². The number of nitrogens with zero attached hydrogens (tertiary/aromatic N) is 2. The van der Waals surface area contributed by atoms with Gasteiger partial charge in [-0.15, -0.1) is 0 Å². The van der Waals surface area contributed by atoms with E-state index in [1.54, 1.807) is 10.9 Å². The molecule has 1 aliphatic rings. The van der Waals surface area contributed by atoms with Crippen molar-refractivity contribution in [3.05, 3.63) is 27.4 Å². The van der Waals surface area contributed by atoms with E-state index in [-0.39, 0.29) is 11.0 Å². The highest BCUT2D eigenvalue weighted by molar-refractivity contribution is 9.10. The molecule has 0 atom stereocenters. The summed E-state index contributed by atoms with van der Waals surface area (Å²) in [4.78, 5) is 15.8. The first-order valence-electron chi connectivity index (χ1n) is 4.98. The molecular weight excluding hydrogens is 276 g/mol. The number of thiol groups is 1. The SMILES string of the molecule is O=c1c(Br)cncn1CC1(CS)CCC1. The number of hydrogen-bond donors (Lipinski definition) is 1. The Kier molecular flexibility index (Phi) is 3.21. The predicted octanol–water partition coefficient (Wildman–Crippen LogP) is 2.11. The lowest BCUT2D eigenvalue weighted by molar-refractivity contribution is 0.136. The van der Waals surface area contributed by atoms with Crippen molar-refractivity contribution < 1.29 is 0 Å². The molecule has 2 rings (SSSR count). The zero-order chi connectivity index (χ0) is 10.9. The smallest absolute Gasteiger partial charge is 0.267 e. The van der Waals surface area contributed by atoms with E-state index in [1.165, 1.54) is 12.6 Å². The first kappa shape index (κ1) is 11.2. The van der Waals surface area contributed by atoms with E-state index in [1.807, 2.05) is 0 Å². The van der Waals surface area contributed by atoms with Crippen molar-refractivity contribution in [2.75, 3.05) is 5.75 Å². The van der Waals surface area contributed by atoms with Crippen LogP contribution in [0.2, 0.25) is 0 Å². The molecule has 0 N–H and O–H groups in total. The molecular formula is C10H13BrN2OS. The molecule has 1 aliphatic carbocycles. The van der Waals surface area contributed by atoms with Gasteiger partial charge in [-0.2, -0.15) is 12.6 Å². The molecule has 5 heteroatoms. The van der Waals surface area contributed by atoms with Gasteiger partial charge in [-0.3, -0.25) is 9.36 Å². The third kappa shape index (κ3) is 2.13. The average Bonchev–Trinajstić information content (AvgIpc) is 2.18. The standard InChI is InChI=1S/C10H13BrN2OS/c11-8-4-12-7-13(9(8)14)5-10(6-15)2-1-3-10/h4,7,15H,1-3,5-6H2. The number of aromatic nitrogens is 2. The Labute approximate surface area is 102 Å². The number of rotatable bonds is 3. The van der Waals surface area contributed by atoms with Gasteiger partial charge in [0.15, 0.2) is 0 Å². The summed E-state index contributed by atoms with van der Waals surface area (Å²) in [6.07, 6.45) is 6.71. The van der Waals surface area contributed by atoms with E-state index in [2.05, 4.69) is 33.5 Å². The van der Waals surface area contributed by atoms with E-state index in [9.17, 15) is 4.79 Å². The minimum atomic E-state index is -0.00180. The molecule has 1 heterocycles. The molecule has 1 aromatic heterocycles. The van der Waals surface area contributed by atoms with Gasteiger partial charge in [0.05, 0.1) is 6.33 Å². The fourth-order valence-electron chi connectivity index (χ4n) is 1.94. The summed E-state index contributed by atoms with van der Waals surface area (Å²) in [6, 6.07) is 0. The van der Waals surface area contributed by atoms with Crippen LogP contribution in [-0.2, 0) is 6.54 Å². The molecule has 0 saturated heterocycles. The van der Waals surface area contributed by atoms with Gasteiger partial charge in [-0.25, -0.2) is 4.98 Å². The van der Waals surface area contributed by atoms with Crippen LogP contribution < -0.4 is 5.56 Å². The van der Waals surface area contributed by atoms with Gasteiger partial charge in [0.1, 0.15) is 4.47 Å². The summed E-state index contributed by atoms with van der Waals surface area (Å²) < 4.78 is 2.21. The van der Waals surface area contributed by atoms with Gasteiger partial charge < -0.3 is 0 Å². The lowest BCUT2D eigenvalue weighted by atomic mass is 9.70. The second kappa shape index (κ2) is 4.29. The monoisotopic (exact) mass is 288 g/mol. The highest BCUT2D eigenvalue weighted by Gasteiger charge is 2.36. The normalized spacial score (nSPS) is 18.5. The minimum absolute atomic E-state index is 0.00180. The Hall–Kier alpha value is -0.290. The van der Waals surface area contributed by atoms with Crippen molar-refractivity contribution in [2.24, 2.45) is 5.41 Å². The Morgan fingerprint density at radius 2 is 2.33 bits per heavy atom. The Morgan fingerprint density at radius 3 is 2.87 bits per heavy atom. The minimum Gasteiger partial charge on any atom is -0.298 e. The fraction of sp³-hybridized carbons (Fsp3) is 0.600. The summed E-state index contributed by atoms with van der Waals surface area (Å²) >= 11 is 7.58. The topological polar surface area (TPSA) is 34.9 Å². The summed E-state index contributed by atoms with van der Waals surface area (Å²) in [6.45, 7) is 0.738. The number of hydrogen-bond acceptors (Lipinski definition) is 3. The van der Waals surface area contributed by atoms with Gasteiger partial charge >= 0.3 is 0 Å². The molecule has 0 amide bonds. The van der Waals surface area contributed by atoms with Gasteiger partial charge in [0.25, 0.3) is 5.56 Å². The van der Waals surface area contributed by atoms with Crippen LogP contribution in [0.3, 0.4) is 0 Å². The molecule has 3 nitrogen and oxygen atoms in total. The maximum Gasteiger partial charge on any atom is 0.267 e. The van der Waals surface area contributed by atoms with E-state index in [0.717, 1.165) is 25.1 Å². The van der Waals surface area contributed by atoms with Crippen LogP contribution >= 0.6 is 28.6 Å². The third-order valence-corrected chi connectivity index (χ3v) is 4.33. The molecule has 0 aromatic carbocycles. The highest BCUT2D eigenvalue weighted by atomic mass is 79.9. The van der Waals surface area contributed by atoms with Gasteiger partial charge in [0.2, 0.25) is 0 Å². The lowest BCUT2D eigenvalue weighted by Crippen LogP contribution is -2.39. The Morgan fingerprint density at radius 1 is 1.60 bits per heavy atom. The van der Waals surface area contributed by atoms with Gasteiger partial charge in [-0.05, 0) is 39.9 Å². The quantitative estimate of drug-likeness (QED) is 0.865. The maximum absolute atomic E-state index is 11.8. The molecule has 0 bridgehead atoms. The summed E-state index contributed by atoms with van der Waals surface area (Å²) in [7, 11) is 0. The van der Waals surface area contributed by atoms with Crippen LogP contribution in [-0.4, -0.2) is 15.3 Å². The molecule has 1 saturated carbocycles. The summed E-state index contributed by atoms with van der Waals surface area (Å²) in [5.74, 6) is 0.839. The zero-order valence-electron chi connectivity index (χ0n) is 8.32. The summed E-state index contributed by atoms with van der Waals surface area (Å²) in [5, 5.41) is 0. The van der Waals surface area contributed by atoms with Crippen molar-refractivity contribution in [1.29, 1.82) is 0 Å². The van der Waals surface area contributed by atoms with Crippen molar-refractivity contribution in [3.8, 4) is 0 Å². The first-order chi connectivity index (χ1) is 7.17. The molecule has 0 aliphatic heterocycles. The van der Waals surface area contributed by atoms with Crippen LogP contribution in [0.5, 0.6) is 0 Å². The molecule has 82 valence electrons. The van der Waals surface area contributed by atoms with Crippen LogP contribution in [0.1, 0.15) is 19.3 Å². The van der Waals surface area contributed by atoms with Crippen molar-refractivity contribution in [3.63, 3.8) is 0 Å². The molecule has 1 fully saturated rings. The first-order valence-corrected chi connectivity index (χ1v) is 6.40. The van der Waals surface area contributed by atoms with Crippen molar-refractivity contribution in [2.45, 2.75) is 25.8 Å². The second-order valence-corrected chi connectivity index (χ2v) is 5.36. The predicted molar refractivity (Wildman–Crippen MR) is 66.3 cm³/mol. The van der Waals surface area contributed by atoms with E-state index < -0.39 is 0 Å². The maximum atomic E-state index is 11.8. The molecule has 0 unspecified atom stereocenters. The van der Waals surface area contributed by atoms with E-state index >= 15 is 0 Å². The lowest BCUT2D eigenvalue weighted by Gasteiger charge is -2.41. The van der Waals surface area contributed by atoms with E-state index in [4.69, 9.17) is 0 Å². The summed E-state index contributed by atoms with van der Waals surface area (Å²) in [5.41, 5.74) is 0.216. The highest BCUT2D eigenvalue weighted by Crippen LogP contribution is 2.42. The van der Waals surface area contributed by atoms with E-state index in [0.29, 0.717) is 4.47 Å². The van der Waals surface area contributed by atoms with Crippen LogP contribution in [0.4, 0.5) is 0 Å². The second-order valence-electron chi connectivity index (χ2n) is 4.19. The van der Waals surface area contributed by atoms with Gasteiger partial charge in [0, 0.05) is 12.7 Å². The van der Waals surface area contributed by atoms with Crippen molar-refractivity contribution in [1.82, 2.24) is 9.55 Å². The number of halogens is 1. The van der Waals surface area contributed by atoms with Crippen LogP contribution in [0.25, 0.3) is 0 Å².